The summed E-state index contributed by atoms with van der Waals surface area (Å²) in [5.41, 5.74) is -0.321. The topological polar surface area (TPSA) is 63.6 Å². The quantitative estimate of drug-likeness (QED) is 0.481. The lowest BCUT2D eigenvalue weighted by Gasteiger charge is -2.31. The van der Waals surface area contributed by atoms with Crippen LogP contribution in [0.4, 0.5) is 0 Å². The van der Waals surface area contributed by atoms with E-state index < -0.39 is 5.97 Å². The molecular weight excluding hydrogens is 232 g/mol. The van der Waals surface area contributed by atoms with Crippen LogP contribution in [0.25, 0.3) is 0 Å². The fourth-order valence-corrected chi connectivity index (χ4v) is 2.09. The van der Waals surface area contributed by atoms with Crippen LogP contribution < -0.4 is 0 Å². The Kier molecular flexibility index (Phi) is 8.42. The van der Waals surface area contributed by atoms with E-state index in [0.29, 0.717) is 19.3 Å². The predicted molar refractivity (Wildman–Crippen MR) is 70.4 cm³/mol. The SMILES string of the molecule is CCCC(CC)(CC)OC(=O)CCCCC(=O)O. The lowest BCUT2D eigenvalue weighted by molar-refractivity contribution is -0.162. The van der Waals surface area contributed by atoms with E-state index in [1.807, 2.05) is 13.8 Å². The van der Waals surface area contributed by atoms with E-state index in [2.05, 4.69) is 6.92 Å². The molecule has 0 aliphatic heterocycles. The van der Waals surface area contributed by atoms with Crippen molar-refractivity contribution in [2.24, 2.45) is 0 Å². The van der Waals surface area contributed by atoms with E-state index in [-0.39, 0.29) is 18.0 Å². The van der Waals surface area contributed by atoms with Crippen molar-refractivity contribution in [1.29, 1.82) is 0 Å². The molecule has 18 heavy (non-hydrogen) atoms. The van der Waals surface area contributed by atoms with Crippen LogP contribution in [0, 0.1) is 0 Å². The zero-order valence-electron chi connectivity index (χ0n) is 11.8. The first-order valence-electron chi connectivity index (χ1n) is 6.93. The number of aliphatic carboxylic acids is 1. The number of carbonyl (C=O) groups is 2. The van der Waals surface area contributed by atoms with Crippen LogP contribution >= 0.6 is 0 Å². The second-order valence-electron chi connectivity index (χ2n) is 4.72. The first kappa shape index (κ1) is 16.9. The normalized spacial score (nSPS) is 11.3. The van der Waals surface area contributed by atoms with Gasteiger partial charge in [-0.25, -0.2) is 0 Å². The van der Waals surface area contributed by atoms with Crippen molar-refractivity contribution in [2.45, 2.75) is 77.7 Å². The fraction of sp³-hybridized carbons (Fsp3) is 0.857. The van der Waals surface area contributed by atoms with Crippen LogP contribution in [-0.4, -0.2) is 22.6 Å². The molecule has 0 aliphatic rings. The van der Waals surface area contributed by atoms with Gasteiger partial charge in [0.15, 0.2) is 0 Å². The molecule has 1 N–H and O–H groups in total. The molecule has 0 heterocycles. The Hall–Kier alpha value is -1.06. The van der Waals surface area contributed by atoms with Crippen molar-refractivity contribution in [3.05, 3.63) is 0 Å². The van der Waals surface area contributed by atoms with Crippen molar-refractivity contribution in [2.75, 3.05) is 0 Å². The Morgan fingerprint density at radius 1 is 1.06 bits per heavy atom. The molecule has 4 nitrogen and oxygen atoms in total. The maximum atomic E-state index is 11.7. The van der Waals surface area contributed by atoms with Crippen molar-refractivity contribution >= 4 is 11.9 Å². The molecule has 0 amide bonds. The second kappa shape index (κ2) is 8.95. The summed E-state index contributed by atoms with van der Waals surface area (Å²) in [5, 5.41) is 8.50. The van der Waals surface area contributed by atoms with E-state index in [0.717, 1.165) is 25.7 Å². The minimum Gasteiger partial charge on any atom is -0.481 e. The van der Waals surface area contributed by atoms with Crippen LogP contribution in [0.2, 0.25) is 0 Å². The van der Waals surface area contributed by atoms with Crippen LogP contribution in [0.15, 0.2) is 0 Å². The highest BCUT2D eigenvalue weighted by Gasteiger charge is 2.29. The molecular formula is C14H26O4. The van der Waals surface area contributed by atoms with Gasteiger partial charge in [0.2, 0.25) is 0 Å². The molecule has 0 saturated heterocycles. The third kappa shape index (κ3) is 6.62. The Bertz CT molecular complexity index is 257. The summed E-state index contributed by atoms with van der Waals surface area (Å²) in [6.07, 6.45) is 5.10. The zero-order chi connectivity index (χ0) is 14.0. The number of esters is 1. The molecule has 4 heteroatoms. The minimum absolute atomic E-state index is 0.120. The second-order valence-corrected chi connectivity index (χ2v) is 4.72. The summed E-state index contributed by atoms with van der Waals surface area (Å²) in [6.45, 7) is 6.16. The maximum Gasteiger partial charge on any atom is 0.306 e. The zero-order valence-corrected chi connectivity index (χ0v) is 11.8. The number of carboxylic acids is 1. The average molecular weight is 258 g/mol. The van der Waals surface area contributed by atoms with Gasteiger partial charge in [-0.05, 0) is 32.1 Å². The monoisotopic (exact) mass is 258 g/mol. The van der Waals surface area contributed by atoms with Crippen LogP contribution in [0.1, 0.15) is 72.1 Å². The molecule has 0 aromatic rings. The Balaban J connectivity index is 4.06. The Morgan fingerprint density at radius 3 is 2.06 bits per heavy atom. The largest absolute Gasteiger partial charge is 0.481 e. The van der Waals surface area contributed by atoms with Gasteiger partial charge in [0.25, 0.3) is 0 Å². The van der Waals surface area contributed by atoms with Gasteiger partial charge in [-0.1, -0.05) is 27.2 Å². The number of carbonyl (C=O) groups excluding carboxylic acids is 1. The molecule has 0 atom stereocenters. The third-order valence-electron chi connectivity index (χ3n) is 3.35. The first-order chi connectivity index (χ1) is 8.49. The van der Waals surface area contributed by atoms with Crippen molar-refractivity contribution in [3.63, 3.8) is 0 Å². The molecule has 0 fully saturated rings. The number of unbranched alkanes of at least 4 members (excludes halogenated alkanes) is 1. The van der Waals surface area contributed by atoms with Gasteiger partial charge in [-0.15, -0.1) is 0 Å². The molecule has 0 radical (unpaired) electrons. The molecule has 0 aromatic carbocycles. The van der Waals surface area contributed by atoms with Gasteiger partial charge in [0.1, 0.15) is 5.60 Å². The van der Waals surface area contributed by atoms with Gasteiger partial charge >= 0.3 is 11.9 Å². The lowest BCUT2D eigenvalue weighted by atomic mass is 9.91. The van der Waals surface area contributed by atoms with Crippen molar-refractivity contribution in [3.8, 4) is 0 Å². The number of hydrogen-bond donors (Lipinski definition) is 1. The fourth-order valence-electron chi connectivity index (χ4n) is 2.09. The van der Waals surface area contributed by atoms with Gasteiger partial charge in [0, 0.05) is 12.8 Å². The van der Waals surface area contributed by atoms with E-state index in [1.165, 1.54) is 0 Å². The standard InChI is InChI=1S/C14H26O4/c1-4-11-14(5-2,6-3)18-13(17)10-8-7-9-12(15)16/h4-11H2,1-3H3,(H,15,16). The Morgan fingerprint density at radius 2 is 1.61 bits per heavy atom. The molecule has 0 aliphatic carbocycles. The minimum atomic E-state index is -0.814. The lowest BCUT2D eigenvalue weighted by Crippen LogP contribution is -2.33. The Labute approximate surface area is 110 Å². The predicted octanol–water partition coefficient (Wildman–Crippen LogP) is 3.53. The van der Waals surface area contributed by atoms with Crippen LogP contribution in [-0.2, 0) is 14.3 Å². The molecule has 0 spiro atoms. The highest BCUT2D eigenvalue weighted by molar-refractivity contribution is 5.70. The summed E-state index contributed by atoms with van der Waals surface area (Å²) < 4.78 is 5.60. The highest BCUT2D eigenvalue weighted by Crippen LogP contribution is 2.27. The van der Waals surface area contributed by atoms with Gasteiger partial charge < -0.3 is 9.84 Å². The summed E-state index contributed by atoms with van der Waals surface area (Å²) in [5.74, 6) is -1.01. The summed E-state index contributed by atoms with van der Waals surface area (Å²) in [6, 6.07) is 0. The average Bonchev–Trinajstić information content (AvgIpc) is 2.34. The van der Waals surface area contributed by atoms with Crippen LogP contribution in [0.5, 0.6) is 0 Å². The smallest absolute Gasteiger partial charge is 0.306 e. The van der Waals surface area contributed by atoms with E-state index >= 15 is 0 Å². The molecule has 0 aromatic heterocycles. The molecule has 0 saturated carbocycles. The third-order valence-corrected chi connectivity index (χ3v) is 3.35. The van der Waals surface area contributed by atoms with E-state index in [4.69, 9.17) is 9.84 Å². The number of carboxylic acid groups (broad SMARTS) is 1. The molecule has 106 valence electrons. The van der Waals surface area contributed by atoms with Crippen LogP contribution in [0.3, 0.4) is 0 Å². The summed E-state index contributed by atoms with van der Waals surface area (Å²) in [7, 11) is 0. The highest BCUT2D eigenvalue weighted by atomic mass is 16.6. The van der Waals surface area contributed by atoms with E-state index in [9.17, 15) is 9.59 Å². The summed E-state index contributed by atoms with van der Waals surface area (Å²) in [4.78, 5) is 22.1. The van der Waals surface area contributed by atoms with Crippen molar-refractivity contribution < 1.29 is 19.4 Å². The number of hydrogen-bond acceptors (Lipinski definition) is 3. The van der Waals surface area contributed by atoms with Gasteiger partial charge in [-0.2, -0.15) is 0 Å². The number of ether oxygens (including phenoxy) is 1. The molecule has 0 bridgehead atoms. The van der Waals surface area contributed by atoms with Gasteiger partial charge in [-0.3, -0.25) is 9.59 Å². The molecule has 0 unspecified atom stereocenters. The van der Waals surface area contributed by atoms with E-state index in [1.54, 1.807) is 0 Å². The number of rotatable bonds is 10. The molecule has 0 rings (SSSR count). The summed E-state index contributed by atoms with van der Waals surface area (Å²) >= 11 is 0. The van der Waals surface area contributed by atoms with Crippen molar-refractivity contribution in [1.82, 2.24) is 0 Å². The van der Waals surface area contributed by atoms with Gasteiger partial charge in [0.05, 0.1) is 0 Å². The first-order valence-corrected chi connectivity index (χ1v) is 6.93. The maximum absolute atomic E-state index is 11.7.